The van der Waals surface area contributed by atoms with Crippen molar-refractivity contribution in [1.82, 2.24) is 10.6 Å². The molecule has 0 aliphatic carbocycles. The third-order valence-electron chi connectivity index (χ3n) is 3.20. The van der Waals surface area contributed by atoms with Gasteiger partial charge in [0, 0.05) is 27.4 Å². The summed E-state index contributed by atoms with van der Waals surface area (Å²) in [6.45, 7) is 1.09. The van der Waals surface area contributed by atoms with Gasteiger partial charge in [0.2, 0.25) is 5.91 Å². The number of rotatable bonds is 8. The lowest BCUT2D eigenvalue weighted by Gasteiger charge is -2.17. The predicted molar refractivity (Wildman–Crippen MR) is 67.9 cm³/mol. The third kappa shape index (κ3) is 5.14. The molecule has 7 heteroatoms. The molecule has 1 rings (SSSR count). The van der Waals surface area contributed by atoms with Crippen LogP contribution in [0.3, 0.4) is 0 Å². The Morgan fingerprint density at radius 3 is 2.74 bits per heavy atom. The van der Waals surface area contributed by atoms with Gasteiger partial charge in [-0.05, 0) is 19.3 Å². The highest BCUT2D eigenvalue weighted by Crippen LogP contribution is 2.10. The van der Waals surface area contributed by atoms with E-state index in [4.69, 9.17) is 14.6 Å². The van der Waals surface area contributed by atoms with E-state index in [1.54, 1.807) is 14.2 Å². The molecule has 1 aliphatic rings. The maximum atomic E-state index is 11.9. The van der Waals surface area contributed by atoms with Gasteiger partial charge in [0.1, 0.15) is 6.04 Å². The van der Waals surface area contributed by atoms with Crippen LogP contribution in [0.4, 0.5) is 0 Å². The van der Waals surface area contributed by atoms with Gasteiger partial charge in [-0.3, -0.25) is 4.79 Å². The molecule has 1 saturated heterocycles. The normalized spacial score (nSPS) is 24.1. The summed E-state index contributed by atoms with van der Waals surface area (Å²) in [6, 6.07) is -1.25. The summed E-state index contributed by atoms with van der Waals surface area (Å²) < 4.78 is 10.0. The van der Waals surface area contributed by atoms with Crippen molar-refractivity contribution in [2.45, 2.75) is 37.5 Å². The second-order valence-corrected chi connectivity index (χ2v) is 4.59. The van der Waals surface area contributed by atoms with Gasteiger partial charge < -0.3 is 25.2 Å². The fourth-order valence-electron chi connectivity index (χ4n) is 2.04. The molecule has 19 heavy (non-hydrogen) atoms. The maximum Gasteiger partial charge on any atom is 0.326 e. The number of carboxylic acid groups (broad SMARTS) is 1. The zero-order chi connectivity index (χ0) is 14.3. The van der Waals surface area contributed by atoms with Crippen molar-refractivity contribution in [3.8, 4) is 0 Å². The van der Waals surface area contributed by atoms with E-state index in [9.17, 15) is 9.59 Å². The van der Waals surface area contributed by atoms with E-state index >= 15 is 0 Å². The van der Waals surface area contributed by atoms with Gasteiger partial charge in [0.15, 0.2) is 0 Å². The van der Waals surface area contributed by atoms with E-state index in [1.165, 1.54) is 0 Å². The summed E-state index contributed by atoms with van der Waals surface area (Å²) in [5.41, 5.74) is 0. The number of aliphatic carboxylic acids is 1. The Labute approximate surface area is 112 Å². The topological polar surface area (TPSA) is 96.9 Å². The highest BCUT2D eigenvalue weighted by molar-refractivity contribution is 5.87. The van der Waals surface area contributed by atoms with E-state index in [-0.39, 0.29) is 18.1 Å². The molecule has 3 atom stereocenters. The number of hydrogen-bond acceptors (Lipinski definition) is 5. The average Bonchev–Trinajstić information content (AvgIpc) is 2.86. The van der Waals surface area contributed by atoms with Gasteiger partial charge in [0.25, 0.3) is 0 Å². The molecule has 0 radical (unpaired) electrons. The van der Waals surface area contributed by atoms with Gasteiger partial charge in [-0.15, -0.1) is 0 Å². The molecule has 0 aromatic heterocycles. The number of carbonyl (C=O) groups is 2. The number of carbonyl (C=O) groups excluding carboxylic acids is 1. The van der Waals surface area contributed by atoms with Crippen molar-refractivity contribution in [3.05, 3.63) is 0 Å². The van der Waals surface area contributed by atoms with Crippen molar-refractivity contribution < 1.29 is 24.2 Å². The van der Waals surface area contributed by atoms with Crippen LogP contribution in [0, 0.1) is 0 Å². The fraction of sp³-hybridized carbons (Fsp3) is 0.833. The molecule has 1 heterocycles. The van der Waals surface area contributed by atoms with Crippen molar-refractivity contribution in [2.24, 2.45) is 0 Å². The molecule has 1 fully saturated rings. The number of hydrogen-bond donors (Lipinski definition) is 3. The first-order chi connectivity index (χ1) is 9.08. The predicted octanol–water partition coefficient (Wildman–Crippen LogP) is -0.641. The number of methoxy groups -OCH3 is 2. The van der Waals surface area contributed by atoms with Crippen molar-refractivity contribution in [2.75, 3.05) is 27.4 Å². The molecule has 0 aromatic carbocycles. The molecular formula is C12H22N2O5. The first kappa shape index (κ1) is 15.9. The average molecular weight is 274 g/mol. The maximum absolute atomic E-state index is 11.9. The molecule has 3 unspecified atom stereocenters. The van der Waals surface area contributed by atoms with Crippen LogP contribution in [-0.4, -0.2) is 62.5 Å². The van der Waals surface area contributed by atoms with Crippen LogP contribution in [0.1, 0.15) is 19.3 Å². The summed E-state index contributed by atoms with van der Waals surface area (Å²) in [4.78, 5) is 23.0. The summed E-state index contributed by atoms with van der Waals surface area (Å²) in [5, 5.41) is 14.6. The highest BCUT2D eigenvalue weighted by Gasteiger charge is 2.31. The zero-order valence-corrected chi connectivity index (χ0v) is 11.3. The molecule has 1 aliphatic heterocycles. The van der Waals surface area contributed by atoms with Crippen molar-refractivity contribution in [1.29, 1.82) is 0 Å². The minimum Gasteiger partial charge on any atom is -0.480 e. The minimum atomic E-state index is -1.02. The van der Waals surface area contributed by atoms with Crippen LogP contribution in [0.5, 0.6) is 0 Å². The summed E-state index contributed by atoms with van der Waals surface area (Å²) in [7, 11) is 3.15. The molecule has 7 nitrogen and oxygen atoms in total. The van der Waals surface area contributed by atoms with Crippen LogP contribution in [-0.2, 0) is 19.1 Å². The Morgan fingerprint density at radius 2 is 2.21 bits per heavy atom. The van der Waals surface area contributed by atoms with E-state index in [0.29, 0.717) is 32.4 Å². The van der Waals surface area contributed by atoms with Crippen LogP contribution < -0.4 is 10.6 Å². The Balaban J connectivity index is 2.41. The molecular weight excluding hydrogens is 252 g/mol. The number of ether oxygens (including phenoxy) is 2. The van der Waals surface area contributed by atoms with Gasteiger partial charge in [0.05, 0.1) is 12.1 Å². The van der Waals surface area contributed by atoms with Gasteiger partial charge in [-0.2, -0.15) is 0 Å². The first-order valence-corrected chi connectivity index (χ1v) is 6.36. The van der Waals surface area contributed by atoms with E-state index in [1.807, 2.05) is 0 Å². The lowest BCUT2D eigenvalue weighted by atomic mass is 10.1. The largest absolute Gasteiger partial charge is 0.480 e. The van der Waals surface area contributed by atoms with Crippen LogP contribution in [0.25, 0.3) is 0 Å². The van der Waals surface area contributed by atoms with E-state index in [0.717, 1.165) is 0 Å². The lowest BCUT2D eigenvalue weighted by Crippen LogP contribution is -2.48. The Bertz CT molecular complexity index is 310. The van der Waals surface area contributed by atoms with Crippen molar-refractivity contribution >= 4 is 11.9 Å². The van der Waals surface area contributed by atoms with Crippen molar-refractivity contribution in [3.63, 3.8) is 0 Å². The monoisotopic (exact) mass is 274 g/mol. The minimum absolute atomic E-state index is 0.00696. The Hall–Kier alpha value is -1.18. The van der Waals surface area contributed by atoms with E-state index in [2.05, 4.69) is 10.6 Å². The highest BCUT2D eigenvalue weighted by atomic mass is 16.5. The molecule has 0 saturated carbocycles. The van der Waals surface area contributed by atoms with E-state index < -0.39 is 12.0 Å². The summed E-state index contributed by atoms with van der Waals surface area (Å²) >= 11 is 0. The molecule has 3 N–H and O–H groups in total. The summed E-state index contributed by atoms with van der Waals surface area (Å²) in [5.74, 6) is -1.31. The van der Waals surface area contributed by atoms with Gasteiger partial charge in [-0.25, -0.2) is 4.79 Å². The van der Waals surface area contributed by atoms with Crippen LogP contribution in [0.2, 0.25) is 0 Å². The standard InChI is InChI=1S/C12H22N2O5/c1-18-5-3-4-9(12(16)17)14-11(15)10-6-8(19-2)7-13-10/h8-10,13H,3-7H2,1-2H3,(H,14,15)(H,16,17). The van der Waals surface area contributed by atoms with Crippen LogP contribution in [0.15, 0.2) is 0 Å². The fourth-order valence-corrected chi connectivity index (χ4v) is 2.04. The molecule has 110 valence electrons. The van der Waals surface area contributed by atoms with Crippen LogP contribution >= 0.6 is 0 Å². The zero-order valence-electron chi connectivity index (χ0n) is 11.3. The Morgan fingerprint density at radius 1 is 1.47 bits per heavy atom. The number of carboxylic acids is 1. The number of nitrogens with one attached hydrogen (secondary N) is 2. The molecule has 1 amide bonds. The number of amides is 1. The second kappa shape index (κ2) is 8.08. The smallest absolute Gasteiger partial charge is 0.326 e. The Kier molecular flexibility index (Phi) is 6.75. The van der Waals surface area contributed by atoms with Gasteiger partial charge in [-0.1, -0.05) is 0 Å². The molecule has 0 aromatic rings. The third-order valence-corrected chi connectivity index (χ3v) is 3.20. The quantitative estimate of drug-likeness (QED) is 0.509. The molecule has 0 bridgehead atoms. The van der Waals surface area contributed by atoms with Gasteiger partial charge >= 0.3 is 5.97 Å². The second-order valence-electron chi connectivity index (χ2n) is 4.59. The SMILES string of the molecule is COCCCC(NC(=O)C1CC(OC)CN1)C(=O)O. The summed E-state index contributed by atoms with van der Waals surface area (Å²) in [6.07, 6.45) is 1.52. The first-order valence-electron chi connectivity index (χ1n) is 6.36. The lowest BCUT2D eigenvalue weighted by molar-refractivity contribution is -0.142. The molecule has 0 spiro atoms.